The first kappa shape index (κ1) is 14.9. The molecule has 1 aliphatic heterocycles. The van der Waals surface area contributed by atoms with E-state index in [-0.39, 0.29) is 24.4 Å². The van der Waals surface area contributed by atoms with E-state index in [0.29, 0.717) is 6.61 Å². The van der Waals surface area contributed by atoms with Crippen LogP contribution in [0.5, 0.6) is 5.75 Å². The maximum absolute atomic E-state index is 12.7. The lowest BCUT2D eigenvalue weighted by Crippen LogP contribution is -2.54. The first-order valence-electron chi connectivity index (χ1n) is 7.95. The van der Waals surface area contributed by atoms with Crippen LogP contribution in [0.1, 0.15) is 32.6 Å². The summed E-state index contributed by atoms with van der Waals surface area (Å²) in [5.41, 5.74) is -0.678. The van der Waals surface area contributed by atoms with Gasteiger partial charge in [-0.25, -0.2) is 4.79 Å². The summed E-state index contributed by atoms with van der Waals surface area (Å²) in [6.07, 6.45) is 3.85. The predicted octanol–water partition coefficient (Wildman–Crippen LogP) is 2.57. The summed E-state index contributed by atoms with van der Waals surface area (Å²) in [6, 6.07) is 9.13. The standard InChI is InChI=1S/C17H22N2O3/c1-13-7-5-6-10-17(13)15(20)19(16(21)18-17)11-12-22-14-8-3-2-4-9-14/h2-4,8-9,13H,5-7,10-12H2,1H3,(H,18,21)/t13-,17-/m0/s1. The number of carbonyl (C=O) groups is 2. The van der Waals surface area contributed by atoms with Gasteiger partial charge in [0, 0.05) is 0 Å². The first-order chi connectivity index (χ1) is 10.6. The quantitative estimate of drug-likeness (QED) is 0.870. The van der Waals surface area contributed by atoms with Gasteiger partial charge in [0.05, 0.1) is 6.54 Å². The summed E-state index contributed by atoms with van der Waals surface area (Å²) in [4.78, 5) is 26.2. The molecule has 2 aliphatic rings. The lowest BCUT2D eigenvalue weighted by Gasteiger charge is -2.36. The third-order valence-electron chi connectivity index (χ3n) is 4.83. The second-order valence-electron chi connectivity index (χ2n) is 6.17. The van der Waals surface area contributed by atoms with E-state index in [1.165, 1.54) is 4.90 Å². The zero-order valence-corrected chi connectivity index (χ0v) is 12.9. The number of hydrogen-bond donors (Lipinski definition) is 1. The van der Waals surface area contributed by atoms with Crippen LogP contribution >= 0.6 is 0 Å². The Morgan fingerprint density at radius 3 is 2.77 bits per heavy atom. The largest absolute Gasteiger partial charge is 0.492 e. The molecule has 5 heteroatoms. The van der Waals surface area contributed by atoms with Crippen LogP contribution in [0, 0.1) is 5.92 Å². The molecule has 1 aromatic carbocycles. The van der Waals surface area contributed by atoms with Crippen molar-refractivity contribution in [2.75, 3.05) is 13.2 Å². The molecule has 1 aliphatic carbocycles. The van der Waals surface area contributed by atoms with E-state index in [9.17, 15) is 9.59 Å². The van der Waals surface area contributed by atoms with Gasteiger partial charge in [-0.1, -0.05) is 38.0 Å². The molecule has 2 atom stereocenters. The topological polar surface area (TPSA) is 58.6 Å². The molecule has 3 rings (SSSR count). The minimum Gasteiger partial charge on any atom is -0.492 e. The Balaban J connectivity index is 1.62. The maximum Gasteiger partial charge on any atom is 0.325 e. The Morgan fingerprint density at radius 1 is 1.27 bits per heavy atom. The molecule has 2 fully saturated rings. The molecule has 1 N–H and O–H groups in total. The average Bonchev–Trinajstić information content (AvgIpc) is 2.76. The molecule has 1 spiro atoms. The van der Waals surface area contributed by atoms with Gasteiger partial charge < -0.3 is 10.1 Å². The van der Waals surface area contributed by atoms with E-state index in [1.54, 1.807) is 0 Å². The lowest BCUT2D eigenvalue weighted by atomic mass is 9.73. The minimum atomic E-state index is -0.678. The van der Waals surface area contributed by atoms with Crippen LogP contribution in [-0.4, -0.2) is 35.5 Å². The number of para-hydroxylation sites is 1. The first-order valence-corrected chi connectivity index (χ1v) is 7.95. The van der Waals surface area contributed by atoms with Crippen molar-refractivity contribution in [3.05, 3.63) is 30.3 Å². The molecule has 1 heterocycles. The Labute approximate surface area is 130 Å². The highest BCUT2D eigenvalue weighted by Gasteiger charge is 2.54. The van der Waals surface area contributed by atoms with Gasteiger partial charge in [0.1, 0.15) is 17.9 Å². The molecule has 5 nitrogen and oxygen atoms in total. The average molecular weight is 302 g/mol. The van der Waals surface area contributed by atoms with Gasteiger partial charge >= 0.3 is 6.03 Å². The molecular formula is C17H22N2O3. The summed E-state index contributed by atoms with van der Waals surface area (Å²) >= 11 is 0. The van der Waals surface area contributed by atoms with Crippen molar-refractivity contribution in [3.63, 3.8) is 0 Å². The number of urea groups is 1. The van der Waals surface area contributed by atoms with Crippen LogP contribution in [0.15, 0.2) is 30.3 Å². The van der Waals surface area contributed by atoms with Crippen LogP contribution < -0.4 is 10.1 Å². The van der Waals surface area contributed by atoms with Crippen LogP contribution in [-0.2, 0) is 4.79 Å². The van der Waals surface area contributed by atoms with Crippen LogP contribution in [0.4, 0.5) is 4.79 Å². The molecule has 0 radical (unpaired) electrons. The number of nitrogens with zero attached hydrogens (tertiary/aromatic N) is 1. The number of ether oxygens (including phenoxy) is 1. The fourth-order valence-electron chi connectivity index (χ4n) is 3.47. The monoisotopic (exact) mass is 302 g/mol. The van der Waals surface area contributed by atoms with Gasteiger partial charge in [0.2, 0.25) is 0 Å². The summed E-state index contributed by atoms with van der Waals surface area (Å²) in [5.74, 6) is 0.856. The summed E-state index contributed by atoms with van der Waals surface area (Å²) in [7, 11) is 0. The second kappa shape index (κ2) is 5.99. The molecule has 0 unspecified atom stereocenters. The van der Waals surface area contributed by atoms with Crippen LogP contribution in [0.2, 0.25) is 0 Å². The number of nitrogens with one attached hydrogen (secondary N) is 1. The third-order valence-corrected chi connectivity index (χ3v) is 4.83. The molecule has 1 aromatic rings. The van der Waals surface area contributed by atoms with Crippen LogP contribution in [0.25, 0.3) is 0 Å². The fraction of sp³-hybridized carbons (Fsp3) is 0.529. The normalized spacial score (nSPS) is 28.0. The highest BCUT2D eigenvalue weighted by Crippen LogP contribution is 2.38. The fourth-order valence-corrected chi connectivity index (χ4v) is 3.47. The van der Waals surface area contributed by atoms with Crippen molar-refractivity contribution in [3.8, 4) is 5.75 Å². The Kier molecular flexibility index (Phi) is 4.05. The van der Waals surface area contributed by atoms with E-state index in [2.05, 4.69) is 12.2 Å². The predicted molar refractivity (Wildman–Crippen MR) is 82.5 cm³/mol. The number of rotatable bonds is 4. The highest BCUT2D eigenvalue weighted by atomic mass is 16.5. The SMILES string of the molecule is C[C@H]1CCCC[C@]12NC(=O)N(CCOc1ccccc1)C2=O. The zero-order chi connectivity index (χ0) is 15.6. The van der Waals surface area contributed by atoms with Gasteiger partial charge in [0.25, 0.3) is 5.91 Å². The molecule has 1 saturated carbocycles. The third kappa shape index (κ3) is 2.56. The summed E-state index contributed by atoms with van der Waals surface area (Å²) in [6.45, 7) is 2.66. The van der Waals surface area contributed by atoms with Crippen molar-refractivity contribution in [2.45, 2.75) is 38.1 Å². The molecule has 118 valence electrons. The van der Waals surface area contributed by atoms with Gasteiger partial charge in [-0.05, 0) is 30.9 Å². The van der Waals surface area contributed by atoms with Crippen molar-refractivity contribution in [1.29, 1.82) is 0 Å². The molecule has 22 heavy (non-hydrogen) atoms. The van der Waals surface area contributed by atoms with Crippen molar-refractivity contribution < 1.29 is 14.3 Å². The van der Waals surface area contributed by atoms with E-state index in [1.807, 2.05) is 30.3 Å². The molecule has 0 aromatic heterocycles. The maximum atomic E-state index is 12.7. The number of carbonyl (C=O) groups excluding carboxylic acids is 2. The lowest BCUT2D eigenvalue weighted by molar-refractivity contribution is -0.134. The smallest absolute Gasteiger partial charge is 0.325 e. The van der Waals surface area contributed by atoms with Gasteiger partial charge in [-0.15, -0.1) is 0 Å². The van der Waals surface area contributed by atoms with Gasteiger partial charge in [-0.2, -0.15) is 0 Å². The van der Waals surface area contributed by atoms with Gasteiger partial charge in [-0.3, -0.25) is 9.69 Å². The molecule has 3 amide bonds. The number of amides is 3. The van der Waals surface area contributed by atoms with E-state index >= 15 is 0 Å². The van der Waals surface area contributed by atoms with Gasteiger partial charge in [0.15, 0.2) is 0 Å². The summed E-state index contributed by atoms with van der Waals surface area (Å²) in [5, 5.41) is 2.95. The zero-order valence-electron chi connectivity index (χ0n) is 12.9. The van der Waals surface area contributed by atoms with Crippen molar-refractivity contribution in [1.82, 2.24) is 10.2 Å². The van der Waals surface area contributed by atoms with Crippen LogP contribution in [0.3, 0.4) is 0 Å². The van der Waals surface area contributed by atoms with Crippen molar-refractivity contribution >= 4 is 11.9 Å². The second-order valence-corrected chi connectivity index (χ2v) is 6.17. The van der Waals surface area contributed by atoms with E-state index in [0.717, 1.165) is 31.4 Å². The van der Waals surface area contributed by atoms with Crippen molar-refractivity contribution in [2.24, 2.45) is 5.92 Å². The molecule has 0 bridgehead atoms. The number of imide groups is 1. The summed E-state index contributed by atoms with van der Waals surface area (Å²) < 4.78 is 5.59. The number of benzene rings is 1. The Morgan fingerprint density at radius 2 is 2.05 bits per heavy atom. The molecular weight excluding hydrogens is 280 g/mol. The van der Waals surface area contributed by atoms with E-state index < -0.39 is 5.54 Å². The Hall–Kier alpha value is -2.04. The minimum absolute atomic E-state index is 0.0821. The Bertz CT molecular complexity index is 560. The number of hydrogen-bond acceptors (Lipinski definition) is 3. The highest BCUT2D eigenvalue weighted by molar-refractivity contribution is 6.07. The van der Waals surface area contributed by atoms with E-state index in [4.69, 9.17) is 4.74 Å². The molecule has 1 saturated heterocycles.